The molecule has 2 aromatic carbocycles. The number of nitrogens with one attached hydrogen (secondary N) is 1. The Labute approximate surface area is 195 Å². The minimum Gasteiger partial charge on any atom is -0.495 e. The highest BCUT2D eigenvalue weighted by molar-refractivity contribution is 6.35. The van der Waals surface area contributed by atoms with E-state index in [1.165, 1.54) is 0 Å². The fourth-order valence-corrected chi connectivity index (χ4v) is 4.20. The van der Waals surface area contributed by atoms with Gasteiger partial charge in [0.25, 0.3) is 0 Å². The summed E-state index contributed by atoms with van der Waals surface area (Å²) >= 11 is 12.2. The van der Waals surface area contributed by atoms with E-state index in [0.29, 0.717) is 33.8 Å². The number of ether oxygens (including phenoxy) is 1. The van der Waals surface area contributed by atoms with Gasteiger partial charge in [-0.05, 0) is 42.3 Å². The van der Waals surface area contributed by atoms with Gasteiger partial charge in [-0.15, -0.1) is 0 Å². The fourth-order valence-electron chi connectivity index (χ4n) is 3.73. The Morgan fingerprint density at radius 1 is 1.22 bits per heavy atom. The van der Waals surface area contributed by atoms with Crippen LogP contribution in [-0.4, -0.2) is 35.2 Å². The normalized spacial score (nSPS) is 15.8. The Balaban J connectivity index is 1.47. The summed E-state index contributed by atoms with van der Waals surface area (Å²) in [6.07, 6.45) is 1.73. The maximum Gasteiger partial charge on any atom is 0.230 e. The van der Waals surface area contributed by atoms with Crippen LogP contribution in [0.4, 0.5) is 11.5 Å². The number of aromatic nitrogens is 2. The number of carbonyl (C=O) groups excluding carboxylic acids is 2. The summed E-state index contributed by atoms with van der Waals surface area (Å²) in [6, 6.07) is 12.6. The van der Waals surface area contributed by atoms with Crippen LogP contribution in [0.25, 0.3) is 0 Å². The second-order valence-electron chi connectivity index (χ2n) is 7.68. The number of hydrogen-bond acceptors (Lipinski definition) is 4. The fraction of sp³-hybridized carbons (Fsp3) is 0.261. The molecule has 1 aromatic heterocycles. The molecule has 0 saturated carbocycles. The summed E-state index contributed by atoms with van der Waals surface area (Å²) in [7, 11) is 1.56. The lowest BCUT2D eigenvalue weighted by molar-refractivity contribution is -0.122. The first-order valence-corrected chi connectivity index (χ1v) is 10.8. The zero-order chi connectivity index (χ0) is 22.8. The molecule has 0 radical (unpaired) electrons. The van der Waals surface area contributed by atoms with E-state index in [0.717, 1.165) is 11.1 Å². The molecule has 0 spiro atoms. The average molecular weight is 473 g/mol. The monoisotopic (exact) mass is 472 g/mol. The minimum atomic E-state index is -0.491. The standard InChI is InChI=1S/C23H22Cl2N4O3/c1-14-3-6-20(32-2)19(9-14)28-12-16(10-22(28)30)23(31)27-21-7-8-26-29(21)13-15-4-5-17(24)11-18(15)25/h3-9,11,16H,10,12-13H2,1-2H3,(H,27,31). The molecular formula is C23H22Cl2N4O3. The van der Waals surface area contributed by atoms with Crippen molar-refractivity contribution >= 4 is 46.5 Å². The van der Waals surface area contributed by atoms with Crippen LogP contribution in [0.15, 0.2) is 48.7 Å². The number of anilines is 2. The lowest BCUT2D eigenvalue weighted by Crippen LogP contribution is -2.29. The molecule has 0 aliphatic carbocycles. The summed E-state index contributed by atoms with van der Waals surface area (Å²) in [4.78, 5) is 27.3. The van der Waals surface area contributed by atoms with E-state index < -0.39 is 5.92 Å². The highest BCUT2D eigenvalue weighted by Gasteiger charge is 2.36. The number of hydrogen-bond donors (Lipinski definition) is 1. The number of amides is 2. The van der Waals surface area contributed by atoms with Gasteiger partial charge in [0.05, 0.1) is 31.5 Å². The lowest BCUT2D eigenvalue weighted by atomic mass is 10.1. The lowest BCUT2D eigenvalue weighted by Gasteiger charge is -2.20. The van der Waals surface area contributed by atoms with Crippen molar-refractivity contribution in [3.05, 3.63) is 69.8 Å². The molecule has 0 bridgehead atoms. The summed E-state index contributed by atoms with van der Waals surface area (Å²) < 4.78 is 7.05. The first-order valence-electron chi connectivity index (χ1n) is 10.1. The van der Waals surface area contributed by atoms with E-state index in [9.17, 15) is 9.59 Å². The minimum absolute atomic E-state index is 0.115. The van der Waals surface area contributed by atoms with E-state index >= 15 is 0 Å². The topological polar surface area (TPSA) is 76.5 Å². The quantitative estimate of drug-likeness (QED) is 0.570. The number of methoxy groups -OCH3 is 1. The van der Waals surface area contributed by atoms with Crippen LogP contribution in [-0.2, 0) is 16.1 Å². The third kappa shape index (κ3) is 4.59. The zero-order valence-corrected chi connectivity index (χ0v) is 19.2. The van der Waals surface area contributed by atoms with Gasteiger partial charge in [-0.2, -0.15) is 5.10 Å². The van der Waals surface area contributed by atoms with E-state index in [1.807, 2.05) is 31.2 Å². The Morgan fingerprint density at radius 2 is 2.03 bits per heavy atom. The third-order valence-corrected chi connectivity index (χ3v) is 6.01. The molecule has 32 heavy (non-hydrogen) atoms. The highest BCUT2D eigenvalue weighted by Crippen LogP contribution is 2.34. The number of benzene rings is 2. The molecule has 4 rings (SSSR count). The largest absolute Gasteiger partial charge is 0.495 e. The van der Waals surface area contributed by atoms with Crippen LogP contribution < -0.4 is 15.0 Å². The maximum atomic E-state index is 13.0. The molecule has 1 aliphatic heterocycles. The molecule has 1 fully saturated rings. The molecular weight excluding hydrogens is 451 g/mol. The second kappa shape index (κ2) is 9.22. The van der Waals surface area contributed by atoms with Crippen molar-refractivity contribution in [3.8, 4) is 5.75 Å². The maximum absolute atomic E-state index is 13.0. The molecule has 1 N–H and O–H groups in total. The van der Waals surface area contributed by atoms with Crippen LogP contribution >= 0.6 is 23.2 Å². The molecule has 166 valence electrons. The van der Waals surface area contributed by atoms with Gasteiger partial charge in [-0.25, -0.2) is 4.68 Å². The van der Waals surface area contributed by atoms with E-state index in [1.54, 1.807) is 41.1 Å². The third-order valence-electron chi connectivity index (χ3n) is 5.42. The summed E-state index contributed by atoms with van der Waals surface area (Å²) in [5.41, 5.74) is 2.51. The first-order chi connectivity index (χ1) is 15.4. The number of halogens is 2. The zero-order valence-electron chi connectivity index (χ0n) is 17.6. The second-order valence-corrected chi connectivity index (χ2v) is 8.52. The van der Waals surface area contributed by atoms with Gasteiger partial charge in [0.1, 0.15) is 11.6 Å². The number of carbonyl (C=O) groups is 2. The van der Waals surface area contributed by atoms with E-state index in [4.69, 9.17) is 27.9 Å². The summed E-state index contributed by atoms with van der Waals surface area (Å²) in [6.45, 7) is 2.60. The van der Waals surface area contributed by atoms with Crippen molar-refractivity contribution in [1.82, 2.24) is 9.78 Å². The molecule has 1 atom stereocenters. The molecule has 3 aromatic rings. The van der Waals surface area contributed by atoms with Crippen LogP contribution in [0.1, 0.15) is 17.5 Å². The van der Waals surface area contributed by atoms with Crippen molar-refractivity contribution in [2.45, 2.75) is 19.9 Å². The Bertz CT molecular complexity index is 1180. The van der Waals surface area contributed by atoms with Gasteiger partial charge < -0.3 is 15.0 Å². The first kappa shape index (κ1) is 22.2. The Kier molecular flexibility index (Phi) is 6.39. The van der Waals surface area contributed by atoms with Crippen LogP contribution in [0, 0.1) is 12.8 Å². The molecule has 2 amide bonds. The number of aryl methyl sites for hydroxylation is 1. The molecule has 1 aliphatic rings. The summed E-state index contributed by atoms with van der Waals surface area (Å²) in [5.74, 6) is 0.282. The molecule has 1 saturated heterocycles. The molecule has 1 unspecified atom stereocenters. The van der Waals surface area contributed by atoms with E-state index in [2.05, 4.69) is 10.4 Å². The summed E-state index contributed by atoms with van der Waals surface area (Å²) in [5, 5.41) is 8.25. The van der Waals surface area contributed by atoms with Crippen LogP contribution in [0.5, 0.6) is 5.75 Å². The van der Waals surface area contributed by atoms with Crippen molar-refractivity contribution < 1.29 is 14.3 Å². The highest BCUT2D eigenvalue weighted by atomic mass is 35.5. The Morgan fingerprint density at radius 3 is 2.78 bits per heavy atom. The molecule has 9 heteroatoms. The number of nitrogens with zero attached hydrogens (tertiary/aromatic N) is 3. The smallest absolute Gasteiger partial charge is 0.230 e. The number of rotatable bonds is 6. The van der Waals surface area contributed by atoms with Gasteiger partial charge in [-0.1, -0.05) is 35.3 Å². The van der Waals surface area contributed by atoms with Gasteiger partial charge in [0, 0.05) is 29.1 Å². The molecule has 7 nitrogen and oxygen atoms in total. The van der Waals surface area contributed by atoms with Crippen molar-refractivity contribution in [3.63, 3.8) is 0 Å². The van der Waals surface area contributed by atoms with Gasteiger partial charge in [0.15, 0.2) is 0 Å². The average Bonchev–Trinajstić information content (AvgIpc) is 3.36. The van der Waals surface area contributed by atoms with E-state index in [-0.39, 0.29) is 24.8 Å². The molecule has 2 heterocycles. The van der Waals surface area contributed by atoms with Crippen LogP contribution in [0.2, 0.25) is 10.0 Å². The van der Waals surface area contributed by atoms with Crippen LogP contribution in [0.3, 0.4) is 0 Å². The van der Waals surface area contributed by atoms with Gasteiger partial charge in [0.2, 0.25) is 11.8 Å². The van der Waals surface area contributed by atoms with Gasteiger partial charge >= 0.3 is 0 Å². The van der Waals surface area contributed by atoms with Crippen molar-refractivity contribution in [1.29, 1.82) is 0 Å². The predicted octanol–water partition coefficient (Wildman–Crippen LogP) is 4.55. The Hall–Kier alpha value is -3.03. The predicted molar refractivity (Wildman–Crippen MR) is 125 cm³/mol. The SMILES string of the molecule is COc1ccc(C)cc1N1CC(C(=O)Nc2ccnn2Cc2ccc(Cl)cc2Cl)CC1=O. The van der Waals surface area contributed by atoms with Crippen molar-refractivity contribution in [2.75, 3.05) is 23.9 Å². The van der Waals surface area contributed by atoms with Crippen molar-refractivity contribution in [2.24, 2.45) is 5.92 Å². The van der Waals surface area contributed by atoms with Gasteiger partial charge in [-0.3, -0.25) is 9.59 Å².